The van der Waals surface area contributed by atoms with E-state index >= 15 is 0 Å². The maximum absolute atomic E-state index is 12.4. The zero-order valence-corrected chi connectivity index (χ0v) is 15.3. The predicted octanol–water partition coefficient (Wildman–Crippen LogP) is 2.70. The maximum atomic E-state index is 12.4. The van der Waals surface area contributed by atoms with Crippen molar-refractivity contribution in [3.05, 3.63) is 47.0 Å². The van der Waals surface area contributed by atoms with Crippen molar-refractivity contribution in [2.24, 2.45) is 0 Å². The number of aliphatic hydroxyl groups excluding tert-OH is 1. The van der Waals surface area contributed by atoms with Gasteiger partial charge in [-0.05, 0) is 38.3 Å². The molecule has 0 aromatic heterocycles. The largest absolute Gasteiger partial charge is 0.451 e. The zero-order valence-electron chi connectivity index (χ0n) is 15.3. The van der Waals surface area contributed by atoms with E-state index in [1.165, 1.54) is 0 Å². The lowest BCUT2D eigenvalue weighted by Gasteiger charge is -2.22. The van der Waals surface area contributed by atoms with Gasteiger partial charge in [0.2, 0.25) is 0 Å². The highest BCUT2D eigenvalue weighted by molar-refractivity contribution is 6.19. The van der Waals surface area contributed by atoms with Gasteiger partial charge in [-0.2, -0.15) is 0 Å². The van der Waals surface area contributed by atoms with Gasteiger partial charge in [-0.3, -0.25) is 4.79 Å². The van der Waals surface area contributed by atoms with E-state index in [0.717, 1.165) is 5.56 Å². The number of Topliss-reactive ketones (excluding diaryl/α,β-unsaturated/α-hetero) is 1. The third kappa shape index (κ3) is 4.17. The van der Waals surface area contributed by atoms with Gasteiger partial charge in [-0.1, -0.05) is 37.3 Å². The zero-order chi connectivity index (χ0) is 18.6. The first-order valence-corrected chi connectivity index (χ1v) is 8.74. The molecule has 0 aliphatic carbocycles. The standard InChI is InChI=1S/C20H27NO4/c1-5-20(4)13(2)17(19(24)25-20)16(22)11-12-21-14(3)18(23)15-9-7-6-8-10-15/h6-10,14,18,21,23H,5,11-12H2,1-4H3. The van der Waals surface area contributed by atoms with Gasteiger partial charge in [0, 0.05) is 19.0 Å². The molecule has 25 heavy (non-hydrogen) atoms. The molecule has 0 spiro atoms. The monoisotopic (exact) mass is 345 g/mol. The van der Waals surface area contributed by atoms with E-state index in [1.807, 2.05) is 51.1 Å². The van der Waals surface area contributed by atoms with Crippen LogP contribution in [0.4, 0.5) is 0 Å². The number of nitrogens with one attached hydrogen (secondary N) is 1. The minimum absolute atomic E-state index is 0.183. The highest BCUT2D eigenvalue weighted by atomic mass is 16.6. The van der Waals surface area contributed by atoms with Crippen LogP contribution < -0.4 is 5.32 Å². The maximum Gasteiger partial charge on any atom is 0.342 e. The second-order valence-corrected chi connectivity index (χ2v) is 6.75. The summed E-state index contributed by atoms with van der Waals surface area (Å²) in [7, 11) is 0. The number of hydrogen-bond donors (Lipinski definition) is 2. The number of hydrogen-bond acceptors (Lipinski definition) is 5. The first kappa shape index (κ1) is 19.3. The summed E-state index contributed by atoms with van der Waals surface area (Å²) in [5.41, 5.74) is 1.04. The number of benzene rings is 1. The summed E-state index contributed by atoms with van der Waals surface area (Å²) in [6, 6.07) is 9.17. The van der Waals surface area contributed by atoms with Crippen molar-refractivity contribution >= 4 is 11.8 Å². The fourth-order valence-corrected chi connectivity index (χ4v) is 3.00. The van der Waals surface area contributed by atoms with Crippen molar-refractivity contribution in [1.82, 2.24) is 5.32 Å². The highest BCUT2D eigenvalue weighted by Crippen LogP contribution is 2.35. The lowest BCUT2D eigenvalue weighted by atomic mass is 9.91. The Hall–Kier alpha value is -1.98. The molecule has 1 aromatic carbocycles. The Balaban J connectivity index is 1.91. The molecule has 1 aromatic rings. The van der Waals surface area contributed by atoms with Gasteiger partial charge in [0.15, 0.2) is 5.78 Å². The second kappa shape index (κ2) is 7.93. The number of aliphatic hydroxyl groups is 1. The van der Waals surface area contributed by atoms with Crippen LogP contribution in [0.1, 0.15) is 52.2 Å². The number of carbonyl (C=O) groups excluding carboxylic acids is 2. The number of carbonyl (C=O) groups is 2. The van der Waals surface area contributed by atoms with E-state index in [9.17, 15) is 14.7 Å². The summed E-state index contributed by atoms with van der Waals surface area (Å²) in [5, 5.41) is 13.5. The third-order valence-electron chi connectivity index (χ3n) is 5.08. The van der Waals surface area contributed by atoms with Crippen molar-refractivity contribution in [3.63, 3.8) is 0 Å². The van der Waals surface area contributed by atoms with E-state index < -0.39 is 17.7 Å². The van der Waals surface area contributed by atoms with Gasteiger partial charge in [0.05, 0.1) is 6.10 Å². The Morgan fingerprint density at radius 2 is 1.96 bits per heavy atom. The summed E-state index contributed by atoms with van der Waals surface area (Å²) in [5.74, 6) is -0.738. The minimum atomic E-state index is -0.674. The molecule has 5 heteroatoms. The van der Waals surface area contributed by atoms with Crippen LogP contribution in [0.5, 0.6) is 0 Å². The third-order valence-corrected chi connectivity index (χ3v) is 5.08. The van der Waals surface area contributed by atoms with Gasteiger partial charge >= 0.3 is 5.97 Å². The normalized spacial score (nSPS) is 22.7. The van der Waals surface area contributed by atoms with Gasteiger partial charge in [0.1, 0.15) is 11.2 Å². The summed E-state index contributed by atoms with van der Waals surface area (Å²) < 4.78 is 5.37. The minimum Gasteiger partial charge on any atom is -0.451 e. The average molecular weight is 345 g/mol. The first-order valence-electron chi connectivity index (χ1n) is 8.74. The van der Waals surface area contributed by atoms with E-state index in [4.69, 9.17) is 4.74 Å². The summed E-state index contributed by atoms with van der Waals surface area (Å²) in [6.45, 7) is 7.80. The van der Waals surface area contributed by atoms with Crippen LogP contribution in [0.15, 0.2) is 41.5 Å². The van der Waals surface area contributed by atoms with Crippen molar-refractivity contribution in [1.29, 1.82) is 0 Å². The van der Waals surface area contributed by atoms with Crippen LogP contribution in [0.25, 0.3) is 0 Å². The van der Waals surface area contributed by atoms with Crippen molar-refractivity contribution in [2.45, 2.75) is 58.3 Å². The van der Waals surface area contributed by atoms with Gasteiger partial charge in [-0.25, -0.2) is 4.79 Å². The number of ether oxygens (including phenoxy) is 1. The molecule has 1 aliphatic heterocycles. The smallest absolute Gasteiger partial charge is 0.342 e. The molecule has 5 nitrogen and oxygen atoms in total. The van der Waals surface area contributed by atoms with Gasteiger partial charge in [0.25, 0.3) is 0 Å². The fraction of sp³-hybridized carbons (Fsp3) is 0.500. The Morgan fingerprint density at radius 1 is 1.32 bits per heavy atom. The molecule has 2 N–H and O–H groups in total. The van der Waals surface area contributed by atoms with Crippen LogP contribution in [-0.2, 0) is 14.3 Å². The van der Waals surface area contributed by atoms with Gasteiger partial charge in [-0.15, -0.1) is 0 Å². The predicted molar refractivity (Wildman–Crippen MR) is 96.0 cm³/mol. The average Bonchev–Trinajstić information content (AvgIpc) is 2.84. The molecular formula is C20H27NO4. The molecule has 0 saturated heterocycles. The molecule has 136 valence electrons. The molecule has 0 radical (unpaired) electrons. The molecule has 0 bridgehead atoms. The number of esters is 1. The molecule has 3 atom stereocenters. The lowest BCUT2D eigenvalue weighted by Crippen LogP contribution is -2.34. The Morgan fingerprint density at radius 3 is 2.52 bits per heavy atom. The number of ketones is 1. The SMILES string of the molecule is CCC1(C)OC(=O)C(C(=O)CCNC(C)C(O)c2ccccc2)=C1C. The Bertz CT molecular complexity index is 668. The molecule has 3 unspecified atom stereocenters. The summed E-state index contributed by atoms with van der Waals surface area (Å²) in [4.78, 5) is 24.5. The summed E-state index contributed by atoms with van der Waals surface area (Å²) >= 11 is 0. The highest BCUT2D eigenvalue weighted by Gasteiger charge is 2.42. The summed E-state index contributed by atoms with van der Waals surface area (Å²) in [6.07, 6.45) is 0.171. The van der Waals surface area contributed by atoms with Crippen molar-refractivity contribution < 1.29 is 19.4 Å². The molecule has 1 aliphatic rings. The Labute approximate surface area is 149 Å². The van der Waals surface area contributed by atoms with Crippen molar-refractivity contribution in [2.75, 3.05) is 6.54 Å². The number of cyclic esters (lactones) is 1. The van der Waals surface area contributed by atoms with Crippen molar-refractivity contribution in [3.8, 4) is 0 Å². The molecule has 2 rings (SSSR count). The van der Waals surface area contributed by atoms with E-state index in [2.05, 4.69) is 5.32 Å². The topological polar surface area (TPSA) is 75.6 Å². The van der Waals surface area contributed by atoms with Crippen LogP contribution >= 0.6 is 0 Å². The Kier molecular flexibility index (Phi) is 6.14. The van der Waals surface area contributed by atoms with E-state index in [0.29, 0.717) is 18.5 Å². The van der Waals surface area contributed by atoms with Crippen LogP contribution in [0, 0.1) is 0 Å². The molecule has 0 amide bonds. The molecule has 0 saturated carbocycles. The first-order chi connectivity index (χ1) is 11.8. The van der Waals surface area contributed by atoms with E-state index in [1.54, 1.807) is 6.92 Å². The van der Waals surface area contributed by atoms with Gasteiger partial charge < -0.3 is 15.2 Å². The van der Waals surface area contributed by atoms with Crippen LogP contribution in [-0.4, -0.2) is 35.0 Å². The number of rotatable bonds is 8. The molecular weight excluding hydrogens is 318 g/mol. The second-order valence-electron chi connectivity index (χ2n) is 6.75. The molecule has 1 heterocycles. The fourth-order valence-electron chi connectivity index (χ4n) is 3.00. The lowest BCUT2D eigenvalue weighted by molar-refractivity contribution is -0.146. The van der Waals surface area contributed by atoms with Crippen LogP contribution in [0.2, 0.25) is 0 Å². The van der Waals surface area contributed by atoms with E-state index in [-0.39, 0.29) is 23.8 Å². The quantitative estimate of drug-likeness (QED) is 0.560. The van der Waals surface area contributed by atoms with Crippen LogP contribution in [0.3, 0.4) is 0 Å². The molecule has 0 fully saturated rings.